The van der Waals surface area contributed by atoms with E-state index in [1.165, 1.54) is 0 Å². The summed E-state index contributed by atoms with van der Waals surface area (Å²) in [6, 6.07) is 29.7. The highest BCUT2D eigenvalue weighted by molar-refractivity contribution is 5.74. The average Bonchev–Trinajstić information content (AvgIpc) is 3.31. The standard InChI is InChI=1S/C30H37N3O6/c1-2-36-30(34)28(31)32-33-29-27(38-20-24-16-10-5-11-17-24)26(37-19-23-14-8-4-9-15-23)25(39-29)21-35-18-22-12-6-3-7-13-22/h3-17,25-29,32-33H,2,18-21,31H2,1H3/t25-,26-,27+,28?,29?/m1/s1. The fourth-order valence-corrected chi connectivity index (χ4v) is 4.23. The number of carbonyl (C=O) groups excluding carboxylic acids is 1. The summed E-state index contributed by atoms with van der Waals surface area (Å²) < 4.78 is 30.1. The number of carbonyl (C=O) groups is 1. The van der Waals surface area contributed by atoms with Crippen LogP contribution in [0, 0.1) is 0 Å². The van der Waals surface area contributed by atoms with Gasteiger partial charge in [-0.2, -0.15) is 0 Å². The summed E-state index contributed by atoms with van der Waals surface area (Å²) in [6.45, 7) is 3.39. The molecule has 3 aromatic carbocycles. The van der Waals surface area contributed by atoms with Crippen molar-refractivity contribution in [3.63, 3.8) is 0 Å². The van der Waals surface area contributed by atoms with Crippen LogP contribution in [-0.4, -0.2) is 49.9 Å². The lowest BCUT2D eigenvalue weighted by molar-refractivity contribution is -0.146. The lowest BCUT2D eigenvalue weighted by Gasteiger charge is -2.26. The van der Waals surface area contributed by atoms with Crippen LogP contribution in [0.25, 0.3) is 0 Å². The Labute approximate surface area is 229 Å². The highest BCUT2D eigenvalue weighted by atomic mass is 16.6. The molecule has 0 aromatic heterocycles. The van der Waals surface area contributed by atoms with Crippen molar-refractivity contribution >= 4 is 5.97 Å². The summed E-state index contributed by atoms with van der Waals surface area (Å²) in [6.07, 6.45) is -3.22. The van der Waals surface area contributed by atoms with Crippen molar-refractivity contribution in [1.82, 2.24) is 10.9 Å². The maximum absolute atomic E-state index is 12.0. The van der Waals surface area contributed by atoms with Crippen molar-refractivity contribution in [3.05, 3.63) is 108 Å². The van der Waals surface area contributed by atoms with Gasteiger partial charge in [0.2, 0.25) is 0 Å². The summed E-state index contributed by atoms with van der Waals surface area (Å²) >= 11 is 0. The predicted molar refractivity (Wildman–Crippen MR) is 146 cm³/mol. The van der Waals surface area contributed by atoms with E-state index in [2.05, 4.69) is 10.9 Å². The first kappa shape index (κ1) is 28.8. The predicted octanol–water partition coefficient (Wildman–Crippen LogP) is 3.04. The third-order valence-corrected chi connectivity index (χ3v) is 6.20. The maximum atomic E-state index is 12.0. The van der Waals surface area contributed by atoms with Crippen LogP contribution in [0.15, 0.2) is 91.0 Å². The number of hydrogen-bond acceptors (Lipinski definition) is 9. The SMILES string of the molecule is CCOC(=O)C(N)NNC1O[C@H](COCc2ccccc2)[C@@H](OCc2ccccc2)[C@@H]1OCc1ccccc1. The number of nitrogens with two attached hydrogens (primary N) is 1. The second kappa shape index (κ2) is 15.4. The smallest absolute Gasteiger partial charge is 0.339 e. The van der Waals surface area contributed by atoms with Crippen LogP contribution >= 0.6 is 0 Å². The van der Waals surface area contributed by atoms with E-state index in [0.29, 0.717) is 19.8 Å². The van der Waals surface area contributed by atoms with Crippen LogP contribution in [0.5, 0.6) is 0 Å². The van der Waals surface area contributed by atoms with Gasteiger partial charge < -0.3 is 29.4 Å². The van der Waals surface area contributed by atoms with Crippen LogP contribution in [0.4, 0.5) is 0 Å². The van der Waals surface area contributed by atoms with E-state index in [-0.39, 0.29) is 13.2 Å². The first-order valence-corrected chi connectivity index (χ1v) is 13.2. The minimum absolute atomic E-state index is 0.229. The van der Waals surface area contributed by atoms with Crippen molar-refractivity contribution in [2.45, 2.75) is 57.4 Å². The fourth-order valence-electron chi connectivity index (χ4n) is 4.23. The van der Waals surface area contributed by atoms with Gasteiger partial charge in [-0.25, -0.2) is 15.6 Å². The van der Waals surface area contributed by atoms with Crippen molar-refractivity contribution in [1.29, 1.82) is 0 Å². The molecule has 1 saturated heterocycles. The van der Waals surface area contributed by atoms with Gasteiger partial charge in [0.25, 0.3) is 0 Å². The second-order valence-corrected chi connectivity index (χ2v) is 9.14. The summed E-state index contributed by atoms with van der Waals surface area (Å²) in [4.78, 5) is 12.0. The number of rotatable bonds is 15. The van der Waals surface area contributed by atoms with Gasteiger partial charge in [0.05, 0.1) is 33.0 Å². The summed E-state index contributed by atoms with van der Waals surface area (Å²) in [5.41, 5.74) is 14.8. The van der Waals surface area contributed by atoms with Gasteiger partial charge in [0, 0.05) is 0 Å². The molecule has 3 aromatic rings. The third-order valence-electron chi connectivity index (χ3n) is 6.20. The van der Waals surface area contributed by atoms with E-state index in [4.69, 9.17) is 29.4 Å². The third kappa shape index (κ3) is 8.94. The zero-order valence-electron chi connectivity index (χ0n) is 22.1. The molecule has 208 valence electrons. The average molecular weight is 536 g/mol. The molecule has 0 aliphatic carbocycles. The van der Waals surface area contributed by atoms with E-state index in [0.717, 1.165) is 16.7 Å². The lowest BCUT2D eigenvalue weighted by atomic mass is 10.1. The van der Waals surface area contributed by atoms with E-state index in [9.17, 15) is 4.79 Å². The van der Waals surface area contributed by atoms with Crippen LogP contribution in [0.3, 0.4) is 0 Å². The second-order valence-electron chi connectivity index (χ2n) is 9.14. The number of benzene rings is 3. The van der Waals surface area contributed by atoms with E-state index < -0.39 is 36.7 Å². The van der Waals surface area contributed by atoms with E-state index >= 15 is 0 Å². The van der Waals surface area contributed by atoms with Gasteiger partial charge in [0.15, 0.2) is 6.17 Å². The molecular formula is C30H37N3O6. The zero-order chi connectivity index (χ0) is 27.3. The number of hydrogen-bond donors (Lipinski definition) is 3. The molecule has 39 heavy (non-hydrogen) atoms. The molecule has 1 aliphatic heterocycles. The molecule has 4 rings (SSSR count). The molecule has 0 saturated carbocycles. The molecule has 0 spiro atoms. The number of nitrogens with one attached hydrogen (secondary N) is 2. The Kier molecular flexibility index (Phi) is 11.4. The topological polar surface area (TPSA) is 113 Å². The first-order chi connectivity index (χ1) is 19.1. The molecule has 0 radical (unpaired) electrons. The van der Waals surface area contributed by atoms with Gasteiger partial charge in [0.1, 0.15) is 24.5 Å². The molecule has 9 nitrogen and oxygen atoms in total. The quantitative estimate of drug-likeness (QED) is 0.154. The Morgan fingerprint density at radius 2 is 1.33 bits per heavy atom. The summed E-state index contributed by atoms with van der Waals surface area (Å²) in [5, 5.41) is 0. The highest BCUT2D eigenvalue weighted by Gasteiger charge is 2.46. The van der Waals surface area contributed by atoms with Gasteiger partial charge in [-0.05, 0) is 23.6 Å². The molecule has 1 aliphatic rings. The van der Waals surface area contributed by atoms with Crippen LogP contribution in [0.1, 0.15) is 23.6 Å². The molecular weight excluding hydrogens is 498 g/mol. The molecule has 9 heteroatoms. The summed E-state index contributed by atoms with van der Waals surface area (Å²) in [7, 11) is 0. The molecule has 0 bridgehead atoms. The summed E-state index contributed by atoms with van der Waals surface area (Å²) in [5.74, 6) is -0.579. The van der Waals surface area contributed by atoms with E-state index in [1.807, 2.05) is 91.0 Å². The van der Waals surface area contributed by atoms with Crippen LogP contribution in [0.2, 0.25) is 0 Å². The largest absolute Gasteiger partial charge is 0.464 e. The Morgan fingerprint density at radius 3 is 1.87 bits per heavy atom. The zero-order valence-corrected chi connectivity index (χ0v) is 22.1. The Morgan fingerprint density at radius 1 is 0.821 bits per heavy atom. The van der Waals surface area contributed by atoms with Crippen LogP contribution < -0.4 is 16.6 Å². The van der Waals surface area contributed by atoms with Gasteiger partial charge in [-0.15, -0.1) is 0 Å². The molecule has 5 atom stereocenters. The normalized spacial score (nSPS) is 21.5. The molecule has 1 fully saturated rings. The highest BCUT2D eigenvalue weighted by Crippen LogP contribution is 2.28. The van der Waals surface area contributed by atoms with Crippen molar-refractivity contribution in [2.75, 3.05) is 13.2 Å². The molecule has 0 amide bonds. The Bertz CT molecular complexity index is 1110. The number of ether oxygens (including phenoxy) is 5. The molecule has 1 heterocycles. The minimum Gasteiger partial charge on any atom is -0.464 e. The number of esters is 1. The van der Waals surface area contributed by atoms with Crippen LogP contribution in [-0.2, 0) is 48.3 Å². The Balaban J connectivity index is 1.48. The fraction of sp³-hybridized carbons (Fsp3) is 0.367. The maximum Gasteiger partial charge on any atom is 0.339 e. The monoisotopic (exact) mass is 535 g/mol. The van der Waals surface area contributed by atoms with Crippen molar-refractivity contribution in [2.24, 2.45) is 5.73 Å². The van der Waals surface area contributed by atoms with E-state index in [1.54, 1.807) is 6.92 Å². The molecule has 2 unspecified atom stereocenters. The van der Waals surface area contributed by atoms with Gasteiger partial charge in [-0.1, -0.05) is 91.0 Å². The Hall–Kier alpha value is -3.15. The molecule has 4 N–H and O–H groups in total. The van der Waals surface area contributed by atoms with Gasteiger partial charge in [-0.3, -0.25) is 0 Å². The van der Waals surface area contributed by atoms with Crippen molar-refractivity contribution in [3.8, 4) is 0 Å². The first-order valence-electron chi connectivity index (χ1n) is 13.2. The minimum atomic E-state index is -1.08. The lowest BCUT2D eigenvalue weighted by Crippen LogP contribution is -2.57. The van der Waals surface area contributed by atoms with Crippen molar-refractivity contribution < 1.29 is 28.5 Å². The number of hydrazine groups is 1. The van der Waals surface area contributed by atoms with Gasteiger partial charge >= 0.3 is 5.97 Å².